The highest BCUT2D eigenvalue weighted by atomic mass is 32.2. The van der Waals surface area contributed by atoms with Crippen molar-refractivity contribution < 1.29 is 13.3 Å². The van der Waals surface area contributed by atoms with E-state index in [9.17, 15) is 0 Å². The zero-order chi connectivity index (χ0) is 10.6. The summed E-state index contributed by atoms with van der Waals surface area (Å²) in [5, 5.41) is 0. The third kappa shape index (κ3) is 2.73. The molecule has 14 heavy (non-hydrogen) atoms. The van der Waals surface area contributed by atoms with Gasteiger partial charge in [0.2, 0.25) is 0 Å². The smallest absolute Gasteiger partial charge is 0.299 e. The van der Waals surface area contributed by atoms with Crippen LogP contribution in [0, 0.1) is 0 Å². The first-order valence-electron chi connectivity index (χ1n) is 3.30. The number of nitrogens with zero attached hydrogens (tertiary/aromatic N) is 3. The Labute approximate surface area is 80.7 Å². The van der Waals surface area contributed by atoms with E-state index in [2.05, 4.69) is 19.9 Å². The van der Waals surface area contributed by atoms with Crippen molar-refractivity contribution in [1.29, 1.82) is 0 Å². The van der Waals surface area contributed by atoms with Crippen molar-refractivity contribution in [3.63, 3.8) is 0 Å². The summed E-state index contributed by atoms with van der Waals surface area (Å²) in [6, 6.07) is 0. The van der Waals surface area contributed by atoms with E-state index in [1.165, 1.54) is 12.7 Å². The second-order valence-corrected chi connectivity index (χ2v) is 2.55. The van der Waals surface area contributed by atoms with Gasteiger partial charge in [0.15, 0.2) is 11.5 Å². The SMILES string of the molecule is Nc1ncnc2nc[nH]c12.O=S(O)O. The number of anilines is 1. The molecule has 0 aliphatic carbocycles. The predicted molar refractivity (Wildman–Crippen MR) is 49.5 cm³/mol. The van der Waals surface area contributed by atoms with Crippen LogP contribution in [-0.2, 0) is 11.4 Å². The zero-order valence-electron chi connectivity index (χ0n) is 6.78. The van der Waals surface area contributed by atoms with Crippen molar-refractivity contribution >= 4 is 28.3 Å². The number of nitrogens with one attached hydrogen (secondary N) is 1. The molecular formula is C5H7N5O3S. The Morgan fingerprint density at radius 2 is 2.00 bits per heavy atom. The molecule has 0 aliphatic heterocycles. The number of aromatic nitrogens is 4. The number of fused-ring (bicyclic) bond motifs is 1. The molecule has 0 aliphatic rings. The first kappa shape index (κ1) is 10.5. The standard InChI is InChI=1S/C5H5N5.H2O3S/c6-4-3-5(9-1-7-3)10-2-8-4;1-4(2)3/h1-2H,(H3,6,7,8,9,10);(H2,1,2,3). The Bertz CT molecular complexity index is 440. The van der Waals surface area contributed by atoms with Gasteiger partial charge in [-0.3, -0.25) is 9.11 Å². The summed E-state index contributed by atoms with van der Waals surface area (Å²) in [6.07, 6.45) is 2.92. The van der Waals surface area contributed by atoms with Gasteiger partial charge in [0.25, 0.3) is 11.4 Å². The second-order valence-electron chi connectivity index (χ2n) is 2.09. The van der Waals surface area contributed by atoms with Crippen LogP contribution in [-0.4, -0.2) is 33.3 Å². The molecule has 0 fully saturated rings. The van der Waals surface area contributed by atoms with E-state index in [1.54, 1.807) is 0 Å². The Balaban J connectivity index is 0.000000213. The lowest BCUT2D eigenvalue weighted by Crippen LogP contribution is -1.91. The fraction of sp³-hybridized carbons (Fsp3) is 0. The molecule has 0 saturated carbocycles. The normalized spacial score (nSPS) is 9.93. The van der Waals surface area contributed by atoms with Crippen LogP contribution in [0.15, 0.2) is 12.7 Å². The number of aromatic amines is 1. The average Bonchev–Trinajstić information content (AvgIpc) is 2.52. The minimum Gasteiger partial charge on any atom is -0.382 e. The van der Waals surface area contributed by atoms with Gasteiger partial charge in [-0.05, 0) is 0 Å². The molecule has 0 aromatic carbocycles. The number of hydrogen-bond donors (Lipinski definition) is 4. The molecule has 5 N–H and O–H groups in total. The maximum absolute atomic E-state index is 8.67. The van der Waals surface area contributed by atoms with Crippen LogP contribution in [0.2, 0.25) is 0 Å². The third-order valence-corrected chi connectivity index (χ3v) is 1.25. The molecule has 8 nitrogen and oxygen atoms in total. The summed E-state index contributed by atoms with van der Waals surface area (Å²) >= 11 is -2.61. The molecular weight excluding hydrogens is 210 g/mol. The lowest BCUT2D eigenvalue weighted by Gasteiger charge is -1.89. The van der Waals surface area contributed by atoms with Gasteiger partial charge in [0, 0.05) is 0 Å². The molecule has 2 rings (SSSR count). The van der Waals surface area contributed by atoms with Crippen LogP contribution in [0.4, 0.5) is 5.82 Å². The molecule has 0 saturated heterocycles. The Morgan fingerprint density at radius 3 is 2.57 bits per heavy atom. The van der Waals surface area contributed by atoms with E-state index in [-0.39, 0.29) is 0 Å². The second kappa shape index (κ2) is 4.60. The molecule has 0 radical (unpaired) electrons. The van der Waals surface area contributed by atoms with Crippen LogP contribution >= 0.6 is 0 Å². The van der Waals surface area contributed by atoms with E-state index < -0.39 is 11.4 Å². The average molecular weight is 217 g/mol. The van der Waals surface area contributed by atoms with Gasteiger partial charge in [-0.15, -0.1) is 0 Å². The fourth-order valence-corrected chi connectivity index (χ4v) is 0.784. The monoisotopic (exact) mass is 217 g/mol. The van der Waals surface area contributed by atoms with Gasteiger partial charge < -0.3 is 10.7 Å². The molecule has 0 unspecified atom stereocenters. The Morgan fingerprint density at radius 1 is 1.36 bits per heavy atom. The lowest BCUT2D eigenvalue weighted by molar-refractivity contribution is 0.454. The van der Waals surface area contributed by atoms with Crippen LogP contribution in [0.5, 0.6) is 0 Å². The van der Waals surface area contributed by atoms with Crippen LogP contribution in [0.1, 0.15) is 0 Å². The number of rotatable bonds is 0. The fourth-order valence-electron chi connectivity index (χ4n) is 0.784. The van der Waals surface area contributed by atoms with Gasteiger partial charge in [0.1, 0.15) is 11.8 Å². The van der Waals surface area contributed by atoms with Crippen LogP contribution in [0.3, 0.4) is 0 Å². The van der Waals surface area contributed by atoms with Gasteiger partial charge >= 0.3 is 0 Å². The predicted octanol–water partition coefficient (Wildman–Crippen LogP) is -0.384. The Kier molecular flexibility index (Phi) is 3.45. The summed E-state index contributed by atoms with van der Waals surface area (Å²) in [5.41, 5.74) is 6.78. The molecule has 0 spiro atoms. The highest BCUT2D eigenvalue weighted by Crippen LogP contribution is 2.09. The molecule has 76 valence electrons. The minimum atomic E-state index is -2.61. The Hall–Kier alpha value is -1.58. The summed E-state index contributed by atoms with van der Waals surface area (Å²) < 4.78 is 22.8. The van der Waals surface area contributed by atoms with Gasteiger partial charge in [-0.1, -0.05) is 0 Å². The maximum Gasteiger partial charge on any atom is 0.299 e. The largest absolute Gasteiger partial charge is 0.382 e. The van der Waals surface area contributed by atoms with Crippen molar-refractivity contribution in [2.75, 3.05) is 5.73 Å². The quantitative estimate of drug-likeness (QED) is 0.441. The summed E-state index contributed by atoms with van der Waals surface area (Å²) in [6.45, 7) is 0. The van der Waals surface area contributed by atoms with Crippen molar-refractivity contribution in [3.05, 3.63) is 12.7 Å². The first-order valence-corrected chi connectivity index (χ1v) is 4.37. The number of hydrogen-bond acceptors (Lipinski definition) is 5. The van der Waals surface area contributed by atoms with Crippen molar-refractivity contribution in [2.24, 2.45) is 0 Å². The maximum atomic E-state index is 8.67. The van der Waals surface area contributed by atoms with Crippen molar-refractivity contribution in [3.8, 4) is 0 Å². The molecule has 0 amide bonds. The lowest BCUT2D eigenvalue weighted by atomic mass is 10.5. The third-order valence-electron chi connectivity index (χ3n) is 1.25. The van der Waals surface area contributed by atoms with Gasteiger partial charge in [-0.25, -0.2) is 15.0 Å². The highest BCUT2D eigenvalue weighted by Gasteiger charge is 1.99. The number of H-pyrrole nitrogens is 1. The van der Waals surface area contributed by atoms with Crippen molar-refractivity contribution in [1.82, 2.24) is 19.9 Å². The van der Waals surface area contributed by atoms with E-state index in [1.807, 2.05) is 0 Å². The van der Waals surface area contributed by atoms with E-state index in [0.29, 0.717) is 17.0 Å². The topological polar surface area (TPSA) is 138 Å². The molecule has 0 bridgehead atoms. The summed E-state index contributed by atoms with van der Waals surface area (Å²) in [7, 11) is 0. The van der Waals surface area contributed by atoms with Gasteiger partial charge in [-0.2, -0.15) is 4.21 Å². The molecule has 2 aromatic rings. The molecule has 2 aromatic heterocycles. The molecule has 0 atom stereocenters. The highest BCUT2D eigenvalue weighted by molar-refractivity contribution is 7.73. The number of imidazole rings is 1. The summed E-state index contributed by atoms with van der Waals surface area (Å²) in [4.78, 5) is 14.4. The van der Waals surface area contributed by atoms with E-state index in [4.69, 9.17) is 19.0 Å². The summed E-state index contributed by atoms with van der Waals surface area (Å²) in [5.74, 6) is 0.433. The van der Waals surface area contributed by atoms with Crippen LogP contribution < -0.4 is 5.73 Å². The molecule has 2 heterocycles. The van der Waals surface area contributed by atoms with Gasteiger partial charge in [0.05, 0.1) is 6.33 Å². The number of nitrogens with two attached hydrogens (primary N) is 1. The minimum absolute atomic E-state index is 0.433. The van der Waals surface area contributed by atoms with E-state index >= 15 is 0 Å². The van der Waals surface area contributed by atoms with Crippen molar-refractivity contribution in [2.45, 2.75) is 0 Å². The number of nitrogen functional groups attached to an aromatic ring is 1. The first-order chi connectivity index (χ1) is 6.61. The van der Waals surface area contributed by atoms with Crippen LogP contribution in [0.25, 0.3) is 11.2 Å². The molecule has 9 heteroatoms. The zero-order valence-corrected chi connectivity index (χ0v) is 7.60. The van der Waals surface area contributed by atoms with E-state index in [0.717, 1.165) is 0 Å².